The van der Waals surface area contributed by atoms with Crippen molar-refractivity contribution < 1.29 is 19.4 Å². The molecule has 0 saturated carbocycles. The quantitative estimate of drug-likeness (QED) is 0.601. The second-order valence-electron chi connectivity index (χ2n) is 5.63. The predicted octanol–water partition coefficient (Wildman–Crippen LogP) is 0.997. The Hall–Kier alpha value is -2.33. The summed E-state index contributed by atoms with van der Waals surface area (Å²) in [6, 6.07) is 6.24. The molecular weight excluding hydrogens is 376 g/mol. The molecule has 0 bridgehead atoms. The largest absolute Gasteiger partial charge is 0.550 e. The van der Waals surface area contributed by atoms with Gasteiger partial charge in [-0.3, -0.25) is 4.79 Å². The summed E-state index contributed by atoms with van der Waals surface area (Å²) in [6.07, 6.45) is -0.294. The summed E-state index contributed by atoms with van der Waals surface area (Å²) in [5.74, 6) is -0.821. The lowest BCUT2D eigenvalue weighted by atomic mass is 10.0. The van der Waals surface area contributed by atoms with Crippen LogP contribution in [0, 0.1) is 0 Å². The number of aliphatic carboxylic acids is 1. The first kappa shape index (κ1) is 20.0. The third-order valence-corrected chi connectivity index (χ3v) is 4.99. The highest BCUT2D eigenvalue weighted by Gasteiger charge is 2.16. The Labute approximate surface area is 159 Å². The fourth-order valence-electron chi connectivity index (χ4n) is 2.11. The van der Waals surface area contributed by atoms with Crippen molar-refractivity contribution in [1.29, 1.82) is 0 Å². The Balaban J connectivity index is 1.99. The van der Waals surface area contributed by atoms with Gasteiger partial charge in [-0.05, 0) is 31.5 Å². The third-order valence-electron chi connectivity index (χ3n) is 3.11. The second-order valence-corrected chi connectivity index (χ2v) is 7.86. The number of carbonyl (C=O) groups is 2. The minimum absolute atomic E-state index is 0.0333. The minimum atomic E-state index is -1.25. The molecule has 1 aromatic heterocycles. The highest BCUT2D eigenvalue weighted by molar-refractivity contribution is 8.01. The van der Waals surface area contributed by atoms with E-state index in [1.807, 2.05) is 13.8 Å². The number of carbonyl (C=O) groups excluding carboxylic acids is 2. The molecule has 8 nitrogen and oxygen atoms in total. The number of nitrogens with zero attached hydrogens (tertiary/aromatic N) is 2. The van der Waals surface area contributed by atoms with Gasteiger partial charge in [-0.15, -0.1) is 10.2 Å². The van der Waals surface area contributed by atoms with Crippen LogP contribution in [0.25, 0.3) is 0 Å². The van der Waals surface area contributed by atoms with Gasteiger partial charge in [0.25, 0.3) is 0 Å². The van der Waals surface area contributed by atoms with Crippen LogP contribution in [0.5, 0.6) is 5.75 Å². The maximum atomic E-state index is 12.2. The summed E-state index contributed by atoms with van der Waals surface area (Å²) < 4.78 is 6.13. The molecule has 0 aliphatic rings. The molecule has 2 aromatic rings. The third kappa shape index (κ3) is 6.52. The molecule has 26 heavy (non-hydrogen) atoms. The summed E-state index contributed by atoms with van der Waals surface area (Å²) in [5.41, 5.74) is 6.14. The summed E-state index contributed by atoms with van der Waals surface area (Å²) in [6.45, 7) is 3.83. The van der Waals surface area contributed by atoms with Gasteiger partial charge in [0, 0.05) is 12.4 Å². The maximum Gasteiger partial charge on any atom is 0.230 e. The Bertz CT molecular complexity index is 749. The van der Waals surface area contributed by atoms with E-state index in [0.29, 0.717) is 20.8 Å². The molecule has 0 unspecified atom stereocenters. The van der Waals surface area contributed by atoms with Gasteiger partial charge >= 0.3 is 0 Å². The summed E-state index contributed by atoms with van der Waals surface area (Å²) >= 11 is 2.37. The second kappa shape index (κ2) is 9.39. The van der Waals surface area contributed by atoms with E-state index in [1.54, 1.807) is 24.3 Å². The van der Waals surface area contributed by atoms with E-state index in [2.05, 4.69) is 15.5 Å². The Morgan fingerprint density at radius 1 is 1.31 bits per heavy atom. The van der Waals surface area contributed by atoms with Gasteiger partial charge in [-0.2, -0.15) is 0 Å². The number of nitrogens with two attached hydrogens (primary N) is 1. The Morgan fingerprint density at radius 2 is 2.00 bits per heavy atom. The van der Waals surface area contributed by atoms with Crippen LogP contribution in [0.4, 0.5) is 5.13 Å². The van der Waals surface area contributed by atoms with Crippen LogP contribution in [0.2, 0.25) is 0 Å². The van der Waals surface area contributed by atoms with E-state index >= 15 is 0 Å². The number of carboxylic acids is 1. The topological polar surface area (TPSA) is 130 Å². The lowest BCUT2D eigenvalue weighted by Gasteiger charge is -2.20. The van der Waals surface area contributed by atoms with Gasteiger partial charge in [0.2, 0.25) is 11.0 Å². The molecule has 2 rings (SSSR count). The molecule has 0 fully saturated rings. The summed E-state index contributed by atoms with van der Waals surface area (Å²) in [4.78, 5) is 23.2. The number of hydrogen-bond donors (Lipinski definition) is 2. The maximum absolute atomic E-state index is 12.2. The van der Waals surface area contributed by atoms with E-state index in [0.717, 1.165) is 0 Å². The molecule has 0 aliphatic heterocycles. The summed E-state index contributed by atoms with van der Waals surface area (Å²) in [7, 11) is 0. The lowest BCUT2D eigenvalue weighted by Crippen LogP contribution is -2.35. The molecule has 0 saturated heterocycles. The first-order valence-corrected chi connectivity index (χ1v) is 9.61. The number of carboxylic acid groups (broad SMARTS) is 1. The van der Waals surface area contributed by atoms with Crippen LogP contribution in [-0.2, 0) is 9.59 Å². The van der Waals surface area contributed by atoms with Crippen LogP contribution in [-0.4, -0.2) is 33.9 Å². The van der Waals surface area contributed by atoms with Gasteiger partial charge < -0.3 is 25.7 Å². The first-order valence-electron chi connectivity index (χ1n) is 7.81. The average molecular weight is 395 g/mol. The lowest BCUT2D eigenvalue weighted by molar-refractivity contribution is -0.306. The zero-order chi connectivity index (χ0) is 19.1. The molecule has 1 aromatic carbocycles. The molecule has 0 aliphatic carbocycles. The zero-order valence-corrected chi connectivity index (χ0v) is 15.9. The van der Waals surface area contributed by atoms with E-state index in [1.165, 1.54) is 23.1 Å². The molecular formula is C16H19N4O4S2-. The number of nitrogens with one attached hydrogen (secondary N) is 1. The molecule has 0 radical (unpaired) electrons. The average Bonchev–Trinajstić information content (AvgIpc) is 2.97. The fraction of sp³-hybridized carbons (Fsp3) is 0.375. The fourth-order valence-corrected chi connectivity index (χ4v) is 3.56. The molecule has 10 heteroatoms. The van der Waals surface area contributed by atoms with Gasteiger partial charge in [-0.25, -0.2) is 0 Å². The molecule has 0 spiro atoms. The highest BCUT2D eigenvalue weighted by atomic mass is 32.2. The summed E-state index contributed by atoms with van der Waals surface area (Å²) in [5, 5.41) is 21.5. The zero-order valence-electron chi connectivity index (χ0n) is 14.3. The van der Waals surface area contributed by atoms with Crippen LogP contribution in [0.3, 0.4) is 0 Å². The normalized spacial score (nSPS) is 12.0. The van der Waals surface area contributed by atoms with Crippen molar-refractivity contribution in [3.05, 3.63) is 29.8 Å². The van der Waals surface area contributed by atoms with Crippen molar-refractivity contribution in [2.45, 2.75) is 36.8 Å². The van der Waals surface area contributed by atoms with Crippen LogP contribution in [0.15, 0.2) is 28.6 Å². The Morgan fingerprint density at radius 3 is 2.54 bits per heavy atom. The van der Waals surface area contributed by atoms with E-state index in [4.69, 9.17) is 10.5 Å². The van der Waals surface area contributed by atoms with Crippen molar-refractivity contribution in [2.75, 3.05) is 11.5 Å². The molecule has 3 N–H and O–H groups in total. The molecule has 140 valence electrons. The highest BCUT2D eigenvalue weighted by Crippen LogP contribution is 2.24. The van der Waals surface area contributed by atoms with Gasteiger partial charge in [-0.1, -0.05) is 35.2 Å². The van der Waals surface area contributed by atoms with E-state index in [9.17, 15) is 14.7 Å². The number of ether oxygens (including phenoxy) is 1. The first-order chi connectivity index (χ1) is 12.3. The number of amides is 1. The number of benzene rings is 1. The Kier molecular flexibility index (Phi) is 7.22. The standard InChI is InChI=1S/C16H20N4O4S2/c1-9(2)24-11-5-3-10(4-6-11)12(7-14(22)23)18-13(21)8-25-16-20-19-15(17)26-16/h3-6,9,12H,7-8H2,1-2H3,(H2,17,19)(H,18,21)(H,22,23)/p-1/t12-/m0/s1. The number of thioether (sulfide) groups is 1. The van der Waals surface area contributed by atoms with Crippen LogP contribution < -0.4 is 20.9 Å². The van der Waals surface area contributed by atoms with Crippen LogP contribution in [0.1, 0.15) is 31.9 Å². The predicted molar refractivity (Wildman–Crippen MR) is 97.8 cm³/mol. The number of aromatic nitrogens is 2. The number of nitrogen functional groups attached to an aromatic ring is 1. The SMILES string of the molecule is CC(C)Oc1ccc([C@H](CC(=O)[O-])NC(=O)CSc2nnc(N)s2)cc1. The van der Waals surface area contributed by atoms with E-state index in [-0.39, 0.29) is 24.2 Å². The number of rotatable bonds is 9. The number of anilines is 1. The van der Waals surface area contributed by atoms with Crippen molar-refractivity contribution in [3.8, 4) is 5.75 Å². The van der Waals surface area contributed by atoms with Gasteiger partial charge in [0.1, 0.15) is 5.75 Å². The van der Waals surface area contributed by atoms with Gasteiger partial charge in [0.15, 0.2) is 4.34 Å². The van der Waals surface area contributed by atoms with Crippen molar-refractivity contribution in [2.24, 2.45) is 0 Å². The molecule has 1 atom stereocenters. The minimum Gasteiger partial charge on any atom is -0.550 e. The van der Waals surface area contributed by atoms with Crippen molar-refractivity contribution in [1.82, 2.24) is 15.5 Å². The van der Waals surface area contributed by atoms with Crippen molar-refractivity contribution >= 4 is 40.1 Å². The monoisotopic (exact) mass is 395 g/mol. The molecule has 1 heterocycles. The van der Waals surface area contributed by atoms with E-state index < -0.39 is 12.0 Å². The molecule has 1 amide bonds. The van der Waals surface area contributed by atoms with Gasteiger partial charge in [0.05, 0.1) is 17.9 Å². The smallest absolute Gasteiger partial charge is 0.230 e. The van der Waals surface area contributed by atoms with Crippen molar-refractivity contribution in [3.63, 3.8) is 0 Å². The number of hydrogen-bond acceptors (Lipinski definition) is 9. The van der Waals surface area contributed by atoms with Crippen LogP contribution >= 0.6 is 23.1 Å².